The van der Waals surface area contributed by atoms with Crippen LogP contribution in [0.2, 0.25) is 0 Å². The average Bonchev–Trinajstić information content (AvgIpc) is 3.15. The second-order valence-electron chi connectivity index (χ2n) is 11.9. The topological polar surface area (TPSA) is 109 Å². The third-order valence-electron chi connectivity index (χ3n) is 6.48. The highest BCUT2D eigenvalue weighted by atomic mass is 127. The Morgan fingerprint density at radius 2 is 1.64 bits per heavy atom. The Bertz CT molecular complexity index is 1230. The number of pyridine rings is 1. The normalized spacial score (nSPS) is 22.3. The van der Waals surface area contributed by atoms with Crippen molar-refractivity contribution < 1.29 is 57.2 Å². The van der Waals surface area contributed by atoms with Crippen LogP contribution in [-0.2, 0) is 30.9 Å². The Morgan fingerprint density at radius 3 is 2.23 bits per heavy atom. The lowest BCUT2D eigenvalue weighted by molar-refractivity contribution is -0.671. The fraction of sp³-hybridized carbons (Fsp3) is 0.536. The van der Waals surface area contributed by atoms with Crippen molar-refractivity contribution in [1.82, 2.24) is 10.2 Å². The molecule has 2 atom stereocenters. The van der Waals surface area contributed by atoms with E-state index in [1.807, 2.05) is 36.1 Å². The first-order chi connectivity index (χ1) is 17.6. The van der Waals surface area contributed by atoms with Gasteiger partial charge in [0.05, 0.1) is 11.7 Å². The molecule has 2 fully saturated rings. The third kappa shape index (κ3) is 6.79. The SMILES string of the molecule is C[n+]1ccc(N2CC/C(=C\C3=C(C(=O)OC(C)(C)C)N4C(=O)[C@@H](NC(=O)OC(C)(C)C)[C@H]4CC3)C2=O)cc1.[I-]. The van der Waals surface area contributed by atoms with Gasteiger partial charge >= 0.3 is 12.1 Å². The van der Waals surface area contributed by atoms with E-state index in [1.54, 1.807) is 52.5 Å². The quantitative estimate of drug-likeness (QED) is 0.157. The van der Waals surface area contributed by atoms with Crippen LogP contribution in [0.1, 0.15) is 60.8 Å². The molecule has 0 unspecified atom stereocenters. The van der Waals surface area contributed by atoms with Gasteiger partial charge in [0.1, 0.15) is 30.0 Å². The number of carbonyl (C=O) groups is 4. The predicted molar refractivity (Wildman–Crippen MR) is 139 cm³/mol. The van der Waals surface area contributed by atoms with E-state index in [0.717, 1.165) is 5.69 Å². The van der Waals surface area contributed by atoms with Gasteiger partial charge in [0.15, 0.2) is 12.4 Å². The summed E-state index contributed by atoms with van der Waals surface area (Å²) in [6, 6.07) is 2.57. The van der Waals surface area contributed by atoms with Crippen molar-refractivity contribution in [2.24, 2.45) is 7.05 Å². The van der Waals surface area contributed by atoms with Gasteiger partial charge in [0, 0.05) is 24.3 Å². The molecule has 212 valence electrons. The molecule has 11 heteroatoms. The molecule has 3 aliphatic heterocycles. The van der Waals surface area contributed by atoms with Crippen molar-refractivity contribution in [2.75, 3.05) is 11.4 Å². The summed E-state index contributed by atoms with van der Waals surface area (Å²) in [5.74, 6) is -1.17. The number of esters is 1. The fourth-order valence-electron chi connectivity index (χ4n) is 4.86. The maximum Gasteiger partial charge on any atom is 0.408 e. The van der Waals surface area contributed by atoms with Gasteiger partial charge in [0.2, 0.25) is 0 Å². The summed E-state index contributed by atoms with van der Waals surface area (Å²) in [5.41, 5.74) is 0.613. The molecule has 4 heterocycles. The van der Waals surface area contributed by atoms with Crippen molar-refractivity contribution in [3.8, 4) is 0 Å². The first-order valence-corrected chi connectivity index (χ1v) is 12.9. The van der Waals surface area contributed by atoms with Crippen LogP contribution >= 0.6 is 0 Å². The van der Waals surface area contributed by atoms with Gasteiger partial charge in [-0.05, 0) is 72.5 Å². The maximum absolute atomic E-state index is 13.3. The molecule has 1 aromatic rings. The Balaban J connectivity index is 0.00000420. The van der Waals surface area contributed by atoms with Gasteiger partial charge in [-0.25, -0.2) is 14.2 Å². The molecule has 1 N–H and O–H groups in total. The van der Waals surface area contributed by atoms with Crippen LogP contribution in [0.4, 0.5) is 10.5 Å². The Labute approximate surface area is 246 Å². The van der Waals surface area contributed by atoms with E-state index in [0.29, 0.717) is 37.0 Å². The van der Waals surface area contributed by atoms with Gasteiger partial charge in [-0.1, -0.05) is 0 Å². The summed E-state index contributed by atoms with van der Waals surface area (Å²) < 4.78 is 12.9. The lowest BCUT2D eigenvalue weighted by Gasteiger charge is -2.50. The van der Waals surface area contributed by atoms with Crippen LogP contribution in [0.15, 0.2) is 47.4 Å². The number of rotatable bonds is 4. The third-order valence-corrected chi connectivity index (χ3v) is 6.48. The van der Waals surface area contributed by atoms with E-state index in [9.17, 15) is 19.2 Å². The smallest absolute Gasteiger partial charge is 0.408 e. The molecule has 0 aromatic carbocycles. The van der Waals surface area contributed by atoms with Crippen LogP contribution in [-0.4, -0.2) is 58.6 Å². The van der Waals surface area contributed by atoms with Gasteiger partial charge in [-0.2, -0.15) is 0 Å². The molecule has 3 aliphatic rings. The van der Waals surface area contributed by atoms with E-state index in [2.05, 4.69) is 5.32 Å². The van der Waals surface area contributed by atoms with Crippen molar-refractivity contribution in [1.29, 1.82) is 0 Å². The number of anilines is 1. The average molecular weight is 653 g/mol. The van der Waals surface area contributed by atoms with Gasteiger partial charge in [-0.15, -0.1) is 0 Å². The van der Waals surface area contributed by atoms with E-state index in [4.69, 9.17) is 9.47 Å². The van der Waals surface area contributed by atoms with Crippen LogP contribution in [0.5, 0.6) is 0 Å². The molecule has 39 heavy (non-hydrogen) atoms. The summed E-state index contributed by atoms with van der Waals surface area (Å²) in [6.45, 7) is 11.0. The summed E-state index contributed by atoms with van der Waals surface area (Å²) in [4.78, 5) is 55.2. The Morgan fingerprint density at radius 1 is 1.03 bits per heavy atom. The van der Waals surface area contributed by atoms with E-state index >= 15 is 0 Å². The number of hydrogen-bond acceptors (Lipinski definition) is 6. The molecule has 0 radical (unpaired) electrons. The molecule has 0 saturated carbocycles. The fourth-order valence-corrected chi connectivity index (χ4v) is 4.86. The van der Waals surface area contributed by atoms with Crippen molar-refractivity contribution in [2.45, 2.75) is 84.1 Å². The second-order valence-corrected chi connectivity index (χ2v) is 11.9. The van der Waals surface area contributed by atoms with Crippen LogP contribution in [0.3, 0.4) is 0 Å². The summed E-state index contributed by atoms with van der Waals surface area (Å²) in [7, 11) is 1.91. The summed E-state index contributed by atoms with van der Waals surface area (Å²) >= 11 is 0. The van der Waals surface area contributed by atoms with Crippen molar-refractivity contribution in [3.05, 3.63) is 47.4 Å². The highest BCUT2D eigenvalue weighted by Gasteiger charge is 2.54. The molecule has 2 saturated heterocycles. The number of nitrogens with zero attached hydrogens (tertiary/aromatic N) is 3. The monoisotopic (exact) mass is 652 g/mol. The molecule has 0 bridgehead atoms. The molecule has 3 amide bonds. The minimum absolute atomic E-state index is 0. The van der Waals surface area contributed by atoms with Gasteiger partial charge in [-0.3, -0.25) is 14.5 Å². The summed E-state index contributed by atoms with van der Waals surface area (Å²) in [5, 5.41) is 2.65. The highest BCUT2D eigenvalue weighted by molar-refractivity contribution is 6.09. The number of carbonyl (C=O) groups excluding carboxylic acids is 4. The number of β-lactam (4-membered cyclic amide) rings is 1. The standard InChI is InChI=1S/C28H36N4O6.HI/c1-27(2,3)37-25(35)22-17(16-18-10-15-31(23(18)33)19-11-13-30(7)14-12-19)8-9-20-21(24(34)32(20)22)29-26(36)38-28(4,5)6;/h11-14,16,20-21H,8-10,15H2,1-7H3;1H/b18-16+;/t20-,21+;/m1./s1. The molecule has 0 aliphatic carbocycles. The minimum atomic E-state index is -0.792. The molecule has 0 spiro atoms. The number of ether oxygens (including phenoxy) is 2. The number of halogens is 1. The Hall–Kier alpha value is -2.96. The predicted octanol–water partition coefficient (Wildman–Crippen LogP) is -0.328. The zero-order valence-corrected chi connectivity index (χ0v) is 25.7. The van der Waals surface area contributed by atoms with E-state index in [-0.39, 0.29) is 35.6 Å². The van der Waals surface area contributed by atoms with Crippen molar-refractivity contribution >= 4 is 29.6 Å². The number of hydrogen-bond donors (Lipinski definition) is 1. The first-order valence-electron chi connectivity index (χ1n) is 12.9. The van der Waals surface area contributed by atoms with Crippen LogP contribution in [0, 0.1) is 0 Å². The number of amides is 3. The second kappa shape index (κ2) is 11.3. The lowest BCUT2D eigenvalue weighted by Crippen LogP contribution is -3.00. The molecule has 1 aromatic heterocycles. The Kier molecular flexibility index (Phi) is 8.83. The van der Waals surface area contributed by atoms with Gasteiger partial charge < -0.3 is 43.7 Å². The highest BCUT2D eigenvalue weighted by Crippen LogP contribution is 2.39. The molecular weight excluding hydrogens is 615 g/mol. The number of allylic oxidation sites excluding steroid dienone is 2. The summed E-state index contributed by atoms with van der Waals surface area (Å²) in [6.07, 6.45) is 6.31. The zero-order chi connectivity index (χ0) is 28.0. The number of alkyl carbamates (subject to hydrolysis) is 1. The van der Waals surface area contributed by atoms with Crippen molar-refractivity contribution in [3.63, 3.8) is 0 Å². The van der Waals surface area contributed by atoms with Gasteiger partial charge in [0.25, 0.3) is 11.8 Å². The van der Waals surface area contributed by atoms with E-state index in [1.165, 1.54) is 4.90 Å². The molecule has 10 nitrogen and oxygen atoms in total. The van der Waals surface area contributed by atoms with Crippen LogP contribution in [0.25, 0.3) is 0 Å². The maximum atomic E-state index is 13.3. The first kappa shape index (κ1) is 30.6. The number of nitrogens with one attached hydrogen (secondary N) is 1. The molecule has 4 rings (SSSR count). The number of fused-ring (bicyclic) bond motifs is 1. The zero-order valence-electron chi connectivity index (χ0n) is 23.5. The number of aromatic nitrogens is 1. The minimum Gasteiger partial charge on any atom is -1.00 e. The lowest BCUT2D eigenvalue weighted by atomic mass is 9.83. The number of aryl methyl sites for hydroxylation is 1. The largest absolute Gasteiger partial charge is 1.00 e. The van der Waals surface area contributed by atoms with E-state index < -0.39 is 41.3 Å². The van der Waals surface area contributed by atoms with Crippen LogP contribution < -0.4 is 38.8 Å². The molecular formula is C28H37IN4O6.